The number of aromatic nitrogens is 1. The summed E-state index contributed by atoms with van der Waals surface area (Å²) in [6.07, 6.45) is 1.57. The van der Waals surface area contributed by atoms with Crippen LogP contribution in [0.3, 0.4) is 0 Å². The van der Waals surface area contributed by atoms with Gasteiger partial charge in [-0.25, -0.2) is 8.78 Å². The fraction of sp³-hybridized carbons (Fsp3) is 0.429. The normalized spacial score (nSPS) is 20.8. The molecule has 20 heavy (non-hydrogen) atoms. The molecule has 0 bridgehead atoms. The van der Waals surface area contributed by atoms with Crippen LogP contribution in [0.25, 0.3) is 10.9 Å². The molecule has 1 aliphatic heterocycles. The van der Waals surface area contributed by atoms with Crippen molar-refractivity contribution in [3.05, 3.63) is 30.0 Å². The fourth-order valence-electron chi connectivity index (χ4n) is 2.35. The molecule has 2 aromatic rings. The average Bonchev–Trinajstić information content (AvgIpc) is 2.88. The highest BCUT2D eigenvalue weighted by atomic mass is 19.2. The van der Waals surface area contributed by atoms with Crippen LogP contribution in [0.15, 0.2) is 18.3 Å². The molecule has 1 fully saturated rings. The average molecular weight is 279 g/mol. The summed E-state index contributed by atoms with van der Waals surface area (Å²) in [6.45, 7) is 7.67. The summed E-state index contributed by atoms with van der Waals surface area (Å²) in [5, 5.41) is 0.572. The summed E-state index contributed by atoms with van der Waals surface area (Å²) in [4.78, 5) is 2.71. The minimum atomic E-state index is -0.912. The number of halogens is 2. The fourth-order valence-corrected chi connectivity index (χ4v) is 2.35. The van der Waals surface area contributed by atoms with Crippen LogP contribution in [-0.4, -0.2) is 23.3 Å². The third-order valence-corrected chi connectivity index (χ3v) is 4.28. The summed E-state index contributed by atoms with van der Waals surface area (Å²) >= 11 is 0. The first-order valence-corrected chi connectivity index (χ1v) is 6.53. The Morgan fingerprint density at radius 3 is 2.30 bits per heavy atom. The summed E-state index contributed by atoms with van der Waals surface area (Å²) in [7, 11) is -0.714. The molecular weight excluding hydrogens is 263 g/mol. The molecule has 0 unspecified atom stereocenters. The maximum absolute atomic E-state index is 13.7. The van der Waals surface area contributed by atoms with Gasteiger partial charge in [0, 0.05) is 11.6 Å². The molecule has 1 aromatic heterocycles. The molecule has 106 valence electrons. The Morgan fingerprint density at radius 2 is 1.70 bits per heavy atom. The highest BCUT2D eigenvalue weighted by Crippen LogP contribution is 2.37. The second-order valence-corrected chi connectivity index (χ2v) is 6.12. The third kappa shape index (κ3) is 1.78. The largest absolute Gasteiger partial charge is 0.495 e. The summed E-state index contributed by atoms with van der Waals surface area (Å²) in [6, 6.07) is 2.84. The Labute approximate surface area is 116 Å². The van der Waals surface area contributed by atoms with Crippen molar-refractivity contribution in [3.8, 4) is 0 Å². The zero-order valence-electron chi connectivity index (χ0n) is 11.9. The van der Waals surface area contributed by atoms with E-state index < -0.39 is 30.0 Å². The summed E-state index contributed by atoms with van der Waals surface area (Å²) in [5.74, 6) is -1.80. The minimum absolute atomic E-state index is 0.134. The minimum Gasteiger partial charge on any atom is -0.399 e. The van der Waals surface area contributed by atoms with Gasteiger partial charge in [0.25, 0.3) is 0 Å². The smallest absolute Gasteiger partial charge is 0.399 e. The topological polar surface area (TPSA) is 34.2 Å². The third-order valence-electron chi connectivity index (χ3n) is 4.28. The lowest BCUT2D eigenvalue weighted by atomic mass is 9.77. The number of fused-ring (bicyclic) bond motifs is 1. The van der Waals surface area contributed by atoms with Gasteiger partial charge in [-0.1, -0.05) is 0 Å². The van der Waals surface area contributed by atoms with Gasteiger partial charge in [-0.3, -0.25) is 0 Å². The Kier molecular flexibility index (Phi) is 2.75. The molecule has 1 N–H and O–H groups in total. The Hall–Kier alpha value is -1.40. The first-order valence-electron chi connectivity index (χ1n) is 6.53. The van der Waals surface area contributed by atoms with Gasteiger partial charge >= 0.3 is 7.12 Å². The van der Waals surface area contributed by atoms with Crippen molar-refractivity contribution in [1.29, 1.82) is 0 Å². The first kappa shape index (κ1) is 13.6. The molecule has 1 aromatic carbocycles. The number of aromatic amines is 1. The zero-order valence-corrected chi connectivity index (χ0v) is 11.9. The maximum atomic E-state index is 13.7. The molecule has 1 saturated heterocycles. The van der Waals surface area contributed by atoms with Gasteiger partial charge in [0.05, 0.1) is 16.7 Å². The number of H-pyrrole nitrogens is 1. The SMILES string of the molecule is CC1(C)OB(c2cc(F)c(F)c3[nH]ccc23)OC1(C)C. The standard InChI is InChI=1S/C14H16BF2NO2/c1-13(2)14(3,4)20-15(19-13)9-7-10(16)11(17)12-8(9)5-6-18-12/h5-7,18H,1-4H3. The van der Waals surface area contributed by atoms with E-state index in [0.717, 1.165) is 6.07 Å². The van der Waals surface area contributed by atoms with Gasteiger partial charge in [-0.05, 0) is 45.3 Å². The Morgan fingerprint density at radius 1 is 1.10 bits per heavy atom. The second-order valence-electron chi connectivity index (χ2n) is 6.12. The number of benzene rings is 1. The van der Waals surface area contributed by atoms with Crippen LogP contribution < -0.4 is 5.46 Å². The van der Waals surface area contributed by atoms with Gasteiger partial charge in [-0.15, -0.1) is 0 Å². The molecular formula is C14H16BF2NO2. The van der Waals surface area contributed by atoms with Crippen molar-refractivity contribution < 1.29 is 18.1 Å². The molecule has 3 nitrogen and oxygen atoms in total. The Bertz CT molecular complexity index is 665. The highest BCUT2D eigenvalue weighted by molar-refractivity contribution is 6.65. The van der Waals surface area contributed by atoms with Crippen LogP contribution >= 0.6 is 0 Å². The summed E-state index contributed by atoms with van der Waals surface area (Å²) in [5.41, 5.74) is -0.412. The van der Waals surface area contributed by atoms with E-state index in [2.05, 4.69) is 4.98 Å². The molecule has 0 spiro atoms. The van der Waals surface area contributed by atoms with Crippen molar-refractivity contribution in [3.63, 3.8) is 0 Å². The quantitative estimate of drug-likeness (QED) is 0.814. The number of hydrogen-bond acceptors (Lipinski definition) is 2. The van der Waals surface area contributed by atoms with Crippen molar-refractivity contribution >= 4 is 23.5 Å². The van der Waals surface area contributed by atoms with Crippen molar-refractivity contribution in [2.24, 2.45) is 0 Å². The zero-order chi connectivity index (χ0) is 14.7. The number of hydrogen-bond donors (Lipinski definition) is 1. The number of rotatable bonds is 1. The van der Waals surface area contributed by atoms with E-state index in [4.69, 9.17) is 9.31 Å². The van der Waals surface area contributed by atoms with Crippen LogP contribution in [0.5, 0.6) is 0 Å². The van der Waals surface area contributed by atoms with Gasteiger partial charge in [0.2, 0.25) is 0 Å². The molecule has 6 heteroatoms. The highest BCUT2D eigenvalue weighted by Gasteiger charge is 2.52. The van der Waals surface area contributed by atoms with Crippen LogP contribution in [-0.2, 0) is 9.31 Å². The van der Waals surface area contributed by atoms with E-state index in [1.807, 2.05) is 27.7 Å². The van der Waals surface area contributed by atoms with Crippen molar-refractivity contribution in [1.82, 2.24) is 4.98 Å². The predicted molar refractivity (Wildman–Crippen MR) is 73.9 cm³/mol. The van der Waals surface area contributed by atoms with E-state index in [9.17, 15) is 8.78 Å². The van der Waals surface area contributed by atoms with Gasteiger partial charge in [-0.2, -0.15) is 0 Å². The van der Waals surface area contributed by atoms with Crippen LogP contribution in [0.4, 0.5) is 8.78 Å². The van der Waals surface area contributed by atoms with E-state index in [-0.39, 0.29) is 5.52 Å². The second kappa shape index (κ2) is 4.05. The monoisotopic (exact) mass is 279 g/mol. The van der Waals surface area contributed by atoms with Gasteiger partial charge < -0.3 is 14.3 Å². The lowest BCUT2D eigenvalue weighted by Crippen LogP contribution is -2.41. The lowest BCUT2D eigenvalue weighted by molar-refractivity contribution is 0.00578. The van der Waals surface area contributed by atoms with Crippen molar-refractivity contribution in [2.75, 3.05) is 0 Å². The number of nitrogens with one attached hydrogen (secondary N) is 1. The molecule has 0 saturated carbocycles. The molecule has 2 heterocycles. The van der Waals surface area contributed by atoms with E-state index in [0.29, 0.717) is 10.8 Å². The summed E-state index contributed by atoms with van der Waals surface area (Å²) < 4.78 is 39.2. The van der Waals surface area contributed by atoms with Gasteiger partial charge in [0.15, 0.2) is 11.6 Å². The molecule has 0 amide bonds. The van der Waals surface area contributed by atoms with E-state index >= 15 is 0 Å². The molecule has 1 aliphatic rings. The van der Waals surface area contributed by atoms with Crippen LogP contribution in [0, 0.1) is 11.6 Å². The predicted octanol–water partition coefficient (Wildman–Crippen LogP) is 2.75. The Balaban J connectivity index is 2.13. The molecule has 0 radical (unpaired) electrons. The maximum Gasteiger partial charge on any atom is 0.495 e. The lowest BCUT2D eigenvalue weighted by Gasteiger charge is -2.32. The van der Waals surface area contributed by atoms with Crippen molar-refractivity contribution in [2.45, 2.75) is 38.9 Å². The van der Waals surface area contributed by atoms with Gasteiger partial charge in [0.1, 0.15) is 0 Å². The van der Waals surface area contributed by atoms with Crippen LogP contribution in [0.1, 0.15) is 27.7 Å². The molecule has 3 rings (SSSR count). The van der Waals surface area contributed by atoms with E-state index in [1.165, 1.54) is 0 Å². The van der Waals surface area contributed by atoms with E-state index in [1.54, 1.807) is 12.3 Å². The van der Waals surface area contributed by atoms with Crippen LogP contribution in [0.2, 0.25) is 0 Å². The molecule has 0 atom stereocenters. The molecule has 0 aliphatic carbocycles. The first-order chi connectivity index (χ1) is 9.23.